The molecule has 0 aliphatic heterocycles. The molecule has 0 aromatic carbocycles. The number of halogens is 2. The zero-order valence-electron chi connectivity index (χ0n) is 12.8. The van der Waals surface area contributed by atoms with Gasteiger partial charge in [-0.2, -0.15) is 0 Å². The summed E-state index contributed by atoms with van der Waals surface area (Å²) >= 11 is 6.88. The van der Waals surface area contributed by atoms with E-state index in [0.717, 1.165) is 33.5 Å². The quantitative estimate of drug-likeness (QED) is 0.363. The lowest BCUT2D eigenvalue weighted by molar-refractivity contribution is 0.471. The van der Waals surface area contributed by atoms with E-state index in [9.17, 15) is 0 Å². The van der Waals surface area contributed by atoms with Gasteiger partial charge >= 0.3 is 0 Å². The molecule has 0 saturated carbocycles. The molecule has 2 aromatic rings. The topological polar surface area (TPSA) is 40.5 Å². The molecule has 8 heteroatoms. The number of nitrogens with zero attached hydrogens (tertiary/aromatic N) is 3. The number of hydrogen-bond acceptors (Lipinski definition) is 4. The van der Waals surface area contributed by atoms with Crippen LogP contribution in [0.5, 0.6) is 0 Å². The number of thiazole rings is 1. The Hall–Kier alpha value is -0.190. The van der Waals surface area contributed by atoms with Gasteiger partial charge in [0, 0.05) is 23.8 Å². The standard InChI is InChI=1S/C14H19BrN4S2.HI/c1-4-16-14(17-7-12-5-6-13(15)21-12)19(3)8-11-9-20-10(2)18-11;/h5-6,9H,4,7-8H2,1-3H3,(H,16,17);1H. The molecule has 0 unspecified atom stereocenters. The molecule has 0 aliphatic rings. The molecule has 0 bridgehead atoms. The van der Waals surface area contributed by atoms with Gasteiger partial charge in [-0.1, -0.05) is 0 Å². The number of aromatic nitrogens is 1. The minimum Gasteiger partial charge on any atom is -0.357 e. The van der Waals surface area contributed by atoms with Crippen molar-refractivity contribution in [1.82, 2.24) is 15.2 Å². The highest BCUT2D eigenvalue weighted by Gasteiger charge is 2.08. The summed E-state index contributed by atoms with van der Waals surface area (Å²) in [7, 11) is 2.04. The third-order valence-corrected chi connectivity index (χ3v) is 5.21. The molecule has 2 aromatic heterocycles. The Bertz CT molecular complexity index is 612. The molecule has 0 atom stereocenters. The van der Waals surface area contributed by atoms with Gasteiger partial charge in [0.05, 0.1) is 27.6 Å². The Morgan fingerprint density at radius 1 is 1.45 bits per heavy atom. The van der Waals surface area contributed by atoms with Gasteiger partial charge in [0.2, 0.25) is 0 Å². The summed E-state index contributed by atoms with van der Waals surface area (Å²) in [6.45, 7) is 6.43. The zero-order valence-corrected chi connectivity index (χ0v) is 18.3. The van der Waals surface area contributed by atoms with Crippen molar-refractivity contribution in [3.05, 3.63) is 36.9 Å². The molecule has 22 heavy (non-hydrogen) atoms. The van der Waals surface area contributed by atoms with Gasteiger partial charge in [-0.3, -0.25) is 0 Å². The van der Waals surface area contributed by atoms with E-state index in [1.165, 1.54) is 4.88 Å². The van der Waals surface area contributed by atoms with Crippen molar-refractivity contribution >= 4 is 68.5 Å². The van der Waals surface area contributed by atoms with Gasteiger partial charge in [-0.15, -0.1) is 46.7 Å². The van der Waals surface area contributed by atoms with Crippen molar-refractivity contribution in [2.75, 3.05) is 13.6 Å². The molecule has 0 saturated heterocycles. The van der Waals surface area contributed by atoms with E-state index in [-0.39, 0.29) is 24.0 Å². The van der Waals surface area contributed by atoms with Gasteiger partial charge in [-0.05, 0) is 41.9 Å². The van der Waals surface area contributed by atoms with Crippen molar-refractivity contribution in [3.8, 4) is 0 Å². The van der Waals surface area contributed by atoms with Gasteiger partial charge in [0.25, 0.3) is 0 Å². The van der Waals surface area contributed by atoms with Gasteiger partial charge < -0.3 is 10.2 Å². The number of aryl methyl sites for hydroxylation is 1. The van der Waals surface area contributed by atoms with Crippen LogP contribution < -0.4 is 5.32 Å². The molecule has 1 N–H and O–H groups in total. The first-order valence-electron chi connectivity index (χ1n) is 6.73. The van der Waals surface area contributed by atoms with Gasteiger partial charge in [0.15, 0.2) is 5.96 Å². The molecule has 0 aliphatic carbocycles. The lowest BCUT2D eigenvalue weighted by Crippen LogP contribution is -2.38. The van der Waals surface area contributed by atoms with Crippen LogP contribution in [0.1, 0.15) is 22.5 Å². The minimum absolute atomic E-state index is 0. The monoisotopic (exact) mass is 514 g/mol. The predicted molar refractivity (Wildman–Crippen MR) is 111 cm³/mol. The summed E-state index contributed by atoms with van der Waals surface area (Å²) in [5, 5.41) is 6.53. The van der Waals surface area contributed by atoms with E-state index in [1.54, 1.807) is 22.7 Å². The van der Waals surface area contributed by atoms with E-state index < -0.39 is 0 Å². The van der Waals surface area contributed by atoms with E-state index in [0.29, 0.717) is 6.54 Å². The smallest absolute Gasteiger partial charge is 0.194 e. The Kier molecular flexibility index (Phi) is 8.88. The van der Waals surface area contributed by atoms with Crippen molar-refractivity contribution in [1.29, 1.82) is 0 Å². The summed E-state index contributed by atoms with van der Waals surface area (Å²) in [5.41, 5.74) is 1.09. The molecule has 2 heterocycles. The summed E-state index contributed by atoms with van der Waals surface area (Å²) < 4.78 is 1.14. The third-order valence-electron chi connectivity index (χ3n) is 2.78. The molecule has 2 rings (SSSR count). The molecule has 0 fully saturated rings. The maximum atomic E-state index is 4.70. The number of nitrogens with one attached hydrogen (secondary N) is 1. The van der Waals surface area contributed by atoms with Crippen LogP contribution in [-0.4, -0.2) is 29.4 Å². The summed E-state index contributed by atoms with van der Waals surface area (Å²) in [4.78, 5) is 12.6. The number of guanidine groups is 1. The Labute approximate surface area is 165 Å². The SMILES string of the molecule is CCNC(=NCc1ccc(Br)s1)N(C)Cc1csc(C)n1.I. The van der Waals surface area contributed by atoms with E-state index in [1.807, 2.05) is 14.0 Å². The largest absolute Gasteiger partial charge is 0.357 e. The first kappa shape index (κ1) is 19.9. The highest BCUT2D eigenvalue weighted by atomic mass is 127. The minimum atomic E-state index is 0. The van der Waals surface area contributed by atoms with Crippen LogP contribution in [0.15, 0.2) is 26.3 Å². The maximum absolute atomic E-state index is 4.70. The fourth-order valence-corrected chi connectivity index (χ4v) is 3.87. The predicted octanol–water partition coefficient (Wildman–Crippen LogP) is 4.49. The normalized spacial score (nSPS) is 11.2. The average molecular weight is 515 g/mol. The Balaban J connectivity index is 0.00000242. The van der Waals surface area contributed by atoms with Crippen LogP contribution >= 0.6 is 62.6 Å². The Morgan fingerprint density at radius 3 is 2.77 bits per heavy atom. The molecule has 0 spiro atoms. The van der Waals surface area contributed by atoms with Crippen molar-refractivity contribution in [2.24, 2.45) is 4.99 Å². The molecule has 0 amide bonds. The lowest BCUT2D eigenvalue weighted by atomic mass is 10.4. The highest BCUT2D eigenvalue weighted by molar-refractivity contribution is 14.0. The highest BCUT2D eigenvalue weighted by Crippen LogP contribution is 2.22. The summed E-state index contributed by atoms with van der Waals surface area (Å²) in [6.07, 6.45) is 0. The molecular weight excluding hydrogens is 495 g/mol. The Morgan fingerprint density at radius 2 is 2.23 bits per heavy atom. The second-order valence-corrected chi connectivity index (χ2v) is 8.20. The molecule has 0 radical (unpaired) electrons. The first-order chi connectivity index (χ1) is 10.1. The van der Waals surface area contributed by atoms with E-state index in [2.05, 4.69) is 55.6 Å². The molecule has 122 valence electrons. The second-order valence-electron chi connectivity index (χ2n) is 4.59. The van der Waals surface area contributed by atoms with Crippen LogP contribution in [0.2, 0.25) is 0 Å². The first-order valence-corrected chi connectivity index (χ1v) is 9.22. The van der Waals surface area contributed by atoms with E-state index >= 15 is 0 Å². The number of aliphatic imine (C=N–C) groups is 1. The third kappa shape index (κ3) is 6.13. The zero-order chi connectivity index (χ0) is 15.2. The number of rotatable bonds is 5. The van der Waals surface area contributed by atoms with Crippen molar-refractivity contribution < 1.29 is 0 Å². The summed E-state index contributed by atoms with van der Waals surface area (Å²) in [6, 6.07) is 4.16. The van der Waals surface area contributed by atoms with Crippen LogP contribution in [0.25, 0.3) is 0 Å². The maximum Gasteiger partial charge on any atom is 0.194 e. The van der Waals surface area contributed by atoms with Gasteiger partial charge in [0.1, 0.15) is 0 Å². The number of thiophene rings is 1. The molecular formula is C14H20BrIN4S2. The lowest BCUT2D eigenvalue weighted by Gasteiger charge is -2.21. The van der Waals surface area contributed by atoms with Crippen LogP contribution in [0.4, 0.5) is 0 Å². The fraction of sp³-hybridized carbons (Fsp3) is 0.429. The van der Waals surface area contributed by atoms with Crippen LogP contribution in [0.3, 0.4) is 0 Å². The van der Waals surface area contributed by atoms with Crippen LogP contribution in [-0.2, 0) is 13.1 Å². The van der Waals surface area contributed by atoms with Gasteiger partial charge in [-0.25, -0.2) is 9.98 Å². The second kappa shape index (κ2) is 9.84. The van der Waals surface area contributed by atoms with E-state index in [4.69, 9.17) is 4.99 Å². The van der Waals surface area contributed by atoms with Crippen molar-refractivity contribution in [3.63, 3.8) is 0 Å². The fourth-order valence-electron chi connectivity index (χ4n) is 1.86. The van der Waals surface area contributed by atoms with Crippen molar-refractivity contribution in [2.45, 2.75) is 26.9 Å². The molecule has 4 nitrogen and oxygen atoms in total. The van der Waals surface area contributed by atoms with Crippen LogP contribution in [0, 0.1) is 6.92 Å². The summed E-state index contributed by atoms with van der Waals surface area (Å²) in [5.74, 6) is 0.910. The number of hydrogen-bond donors (Lipinski definition) is 1. The average Bonchev–Trinajstić information content (AvgIpc) is 3.03.